The van der Waals surface area contributed by atoms with Crippen molar-refractivity contribution in [1.29, 1.82) is 0 Å². The smallest absolute Gasteiger partial charge is 0.414 e. The molecule has 0 N–H and O–H groups in total. The number of nitrogens with zero attached hydrogens (tertiary/aromatic N) is 1. The molecule has 0 saturated carbocycles. The number of hydrogen-bond acceptors (Lipinski definition) is 2. The van der Waals surface area contributed by atoms with Crippen LogP contribution in [-0.2, 0) is 4.74 Å². The Kier molecular flexibility index (Phi) is 1.93. The van der Waals surface area contributed by atoms with E-state index < -0.39 is 0 Å². The number of amides is 1. The Morgan fingerprint density at radius 2 is 2.08 bits per heavy atom. The highest BCUT2D eigenvalue weighted by atomic mass is 16.6. The lowest BCUT2D eigenvalue weighted by Crippen LogP contribution is -2.23. The van der Waals surface area contributed by atoms with E-state index >= 15 is 0 Å². The zero-order valence-corrected chi connectivity index (χ0v) is 7.43. The summed E-state index contributed by atoms with van der Waals surface area (Å²) in [6, 6.07) is 9.55. The van der Waals surface area contributed by atoms with Crippen LogP contribution in [0.15, 0.2) is 30.3 Å². The standard InChI is InChI=1S/C10H11NO2/c1-8-7-11(10(12)13-8)9-5-3-2-4-6-9/h2-6,8H,7H2,1H3/t8-/m1/s1. The van der Waals surface area contributed by atoms with E-state index in [4.69, 9.17) is 4.74 Å². The van der Waals surface area contributed by atoms with Crippen molar-refractivity contribution in [1.82, 2.24) is 0 Å². The molecule has 0 radical (unpaired) electrons. The number of cyclic esters (lactones) is 1. The fourth-order valence-electron chi connectivity index (χ4n) is 1.42. The van der Waals surface area contributed by atoms with Gasteiger partial charge in [0.15, 0.2) is 0 Å². The van der Waals surface area contributed by atoms with Crippen LogP contribution < -0.4 is 4.90 Å². The summed E-state index contributed by atoms with van der Waals surface area (Å²) in [4.78, 5) is 12.9. The normalized spacial score (nSPS) is 21.8. The van der Waals surface area contributed by atoms with Gasteiger partial charge in [-0.2, -0.15) is 0 Å². The molecule has 1 heterocycles. The summed E-state index contributed by atoms with van der Waals surface area (Å²) >= 11 is 0. The van der Waals surface area contributed by atoms with Crippen molar-refractivity contribution in [3.05, 3.63) is 30.3 Å². The summed E-state index contributed by atoms with van der Waals surface area (Å²) in [6.45, 7) is 2.53. The lowest BCUT2D eigenvalue weighted by Gasteiger charge is -2.11. The van der Waals surface area contributed by atoms with Gasteiger partial charge in [0, 0.05) is 5.69 Å². The van der Waals surface area contributed by atoms with Gasteiger partial charge in [-0.25, -0.2) is 4.79 Å². The Morgan fingerprint density at radius 1 is 1.38 bits per heavy atom. The molecule has 13 heavy (non-hydrogen) atoms. The minimum absolute atomic E-state index is 0.00675. The van der Waals surface area contributed by atoms with E-state index in [0.29, 0.717) is 6.54 Å². The average molecular weight is 177 g/mol. The van der Waals surface area contributed by atoms with Gasteiger partial charge in [-0.1, -0.05) is 18.2 Å². The van der Waals surface area contributed by atoms with Crippen LogP contribution in [0.5, 0.6) is 0 Å². The number of para-hydroxylation sites is 1. The minimum atomic E-state index is -0.251. The lowest BCUT2D eigenvalue weighted by atomic mass is 10.3. The van der Waals surface area contributed by atoms with Gasteiger partial charge in [0.2, 0.25) is 0 Å². The number of anilines is 1. The highest BCUT2D eigenvalue weighted by Crippen LogP contribution is 2.20. The molecule has 3 heteroatoms. The van der Waals surface area contributed by atoms with Crippen LogP contribution in [0, 0.1) is 0 Å². The topological polar surface area (TPSA) is 29.5 Å². The van der Waals surface area contributed by atoms with Gasteiger partial charge in [-0.05, 0) is 19.1 Å². The molecule has 3 nitrogen and oxygen atoms in total. The van der Waals surface area contributed by atoms with Crippen LogP contribution >= 0.6 is 0 Å². The molecule has 68 valence electrons. The van der Waals surface area contributed by atoms with Gasteiger partial charge < -0.3 is 4.74 Å². The maximum absolute atomic E-state index is 11.3. The average Bonchev–Trinajstić information content (AvgIpc) is 2.47. The van der Waals surface area contributed by atoms with Gasteiger partial charge in [0.25, 0.3) is 0 Å². The fourth-order valence-corrected chi connectivity index (χ4v) is 1.42. The molecule has 1 aliphatic rings. The zero-order chi connectivity index (χ0) is 9.26. The Morgan fingerprint density at radius 3 is 2.62 bits per heavy atom. The largest absolute Gasteiger partial charge is 0.444 e. The zero-order valence-electron chi connectivity index (χ0n) is 7.43. The molecule has 1 amide bonds. The van der Waals surface area contributed by atoms with E-state index in [1.807, 2.05) is 37.3 Å². The predicted molar refractivity (Wildman–Crippen MR) is 49.7 cm³/mol. The third kappa shape index (κ3) is 1.49. The van der Waals surface area contributed by atoms with Crippen LogP contribution in [0.4, 0.5) is 10.5 Å². The van der Waals surface area contributed by atoms with Crippen LogP contribution in [0.25, 0.3) is 0 Å². The van der Waals surface area contributed by atoms with Crippen molar-refractivity contribution in [3.63, 3.8) is 0 Å². The number of carbonyl (C=O) groups excluding carboxylic acids is 1. The van der Waals surface area contributed by atoms with Gasteiger partial charge >= 0.3 is 6.09 Å². The third-order valence-corrected chi connectivity index (χ3v) is 2.03. The van der Waals surface area contributed by atoms with Crippen molar-refractivity contribution < 1.29 is 9.53 Å². The molecule has 0 aliphatic carbocycles. The molecular formula is C10H11NO2. The van der Waals surface area contributed by atoms with E-state index in [-0.39, 0.29) is 12.2 Å². The van der Waals surface area contributed by atoms with Crippen molar-refractivity contribution >= 4 is 11.8 Å². The SMILES string of the molecule is C[C@@H]1CN(c2ccccc2)C(=O)O1. The van der Waals surface area contributed by atoms with E-state index in [1.165, 1.54) is 0 Å². The summed E-state index contributed by atoms with van der Waals surface area (Å²) in [5, 5.41) is 0. The molecule has 1 atom stereocenters. The third-order valence-electron chi connectivity index (χ3n) is 2.03. The van der Waals surface area contributed by atoms with Crippen molar-refractivity contribution in [2.75, 3.05) is 11.4 Å². The lowest BCUT2D eigenvalue weighted by molar-refractivity contribution is 0.150. The fraction of sp³-hybridized carbons (Fsp3) is 0.300. The van der Waals surface area contributed by atoms with Crippen LogP contribution in [0.3, 0.4) is 0 Å². The molecule has 1 aliphatic heterocycles. The van der Waals surface area contributed by atoms with Gasteiger partial charge in [0.05, 0.1) is 6.54 Å². The van der Waals surface area contributed by atoms with Crippen molar-refractivity contribution in [3.8, 4) is 0 Å². The van der Waals surface area contributed by atoms with E-state index in [2.05, 4.69) is 0 Å². The quantitative estimate of drug-likeness (QED) is 0.656. The van der Waals surface area contributed by atoms with Gasteiger partial charge in [-0.15, -0.1) is 0 Å². The molecule has 1 aromatic carbocycles. The summed E-state index contributed by atoms with van der Waals surface area (Å²) in [5.41, 5.74) is 0.900. The maximum atomic E-state index is 11.3. The summed E-state index contributed by atoms with van der Waals surface area (Å²) in [6.07, 6.45) is -0.258. The van der Waals surface area contributed by atoms with E-state index in [0.717, 1.165) is 5.69 Å². The van der Waals surface area contributed by atoms with Gasteiger partial charge in [0.1, 0.15) is 6.10 Å². The molecule has 0 bridgehead atoms. The second-order valence-corrected chi connectivity index (χ2v) is 3.14. The Bertz CT molecular complexity index is 310. The number of benzene rings is 1. The first-order valence-electron chi connectivity index (χ1n) is 4.30. The maximum Gasteiger partial charge on any atom is 0.414 e. The highest BCUT2D eigenvalue weighted by molar-refractivity contribution is 5.89. The molecule has 0 spiro atoms. The number of hydrogen-bond donors (Lipinski definition) is 0. The molecule has 0 aromatic heterocycles. The van der Waals surface area contributed by atoms with Crippen LogP contribution in [0.2, 0.25) is 0 Å². The Hall–Kier alpha value is -1.51. The summed E-state index contributed by atoms with van der Waals surface area (Å²) in [7, 11) is 0. The predicted octanol–water partition coefficient (Wildman–Crippen LogP) is 2.03. The van der Waals surface area contributed by atoms with Crippen molar-refractivity contribution in [2.24, 2.45) is 0 Å². The van der Waals surface area contributed by atoms with Crippen molar-refractivity contribution in [2.45, 2.75) is 13.0 Å². The first-order chi connectivity index (χ1) is 6.27. The molecule has 1 saturated heterocycles. The van der Waals surface area contributed by atoms with E-state index in [1.54, 1.807) is 4.90 Å². The second kappa shape index (κ2) is 3.09. The second-order valence-electron chi connectivity index (χ2n) is 3.14. The highest BCUT2D eigenvalue weighted by Gasteiger charge is 2.28. The minimum Gasteiger partial charge on any atom is -0.444 e. The molecule has 1 aromatic rings. The molecule has 1 fully saturated rings. The molecule has 2 rings (SSSR count). The molecular weight excluding hydrogens is 166 g/mol. The van der Waals surface area contributed by atoms with Gasteiger partial charge in [-0.3, -0.25) is 4.90 Å². The Labute approximate surface area is 76.9 Å². The Balaban J connectivity index is 2.23. The summed E-state index contributed by atoms with van der Waals surface area (Å²) in [5.74, 6) is 0. The number of ether oxygens (including phenoxy) is 1. The van der Waals surface area contributed by atoms with Crippen LogP contribution in [0.1, 0.15) is 6.92 Å². The first kappa shape index (κ1) is 8.10. The molecule has 0 unspecified atom stereocenters. The number of rotatable bonds is 1. The number of carbonyl (C=O) groups is 1. The first-order valence-corrected chi connectivity index (χ1v) is 4.30. The monoisotopic (exact) mass is 177 g/mol. The summed E-state index contributed by atoms with van der Waals surface area (Å²) < 4.78 is 5.02. The van der Waals surface area contributed by atoms with E-state index in [9.17, 15) is 4.79 Å². The van der Waals surface area contributed by atoms with Crippen LogP contribution in [-0.4, -0.2) is 18.7 Å².